The van der Waals surface area contributed by atoms with E-state index in [0.717, 1.165) is 0 Å². The van der Waals surface area contributed by atoms with Gasteiger partial charge in [-0.2, -0.15) is 11.3 Å². The first-order valence-electron chi connectivity index (χ1n) is 6.74. The predicted octanol–water partition coefficient (Wildman–Crippen LogP) is 1.48. The second-order valence-corrected chi connectivity index (χ2v) is 5.78. The number of carbonyl (C=O) groups excluding carboxylic acids is 2. The molecular weight excluding hydrogens is 292 g/mol. The lowest BCUT2D eigenvalue weighted by Gasteiger charge is -2.17. The summed E-state index contributed by atoms with van der Waals surface area (Å²) < 4.78 is 0. The van der Waals surface area contributed by atoms with Gasteiger partial charge in [0.2, 0.25) is 5.91 Å². The van der Waals surface area contributed by atoms with Gasteiger partial charge < -0.3 is 15.7 Å². The molecule has 0 fully saturated rings. The normalized spacial score (nSPS) is 12.0. The number of carbonyl (C=O) groups is 3. The quantitative estimate of drug-likeness (QED) is 0.634. The summed E-state index contributed by atoms with van der Waals surface area (Å²) in [5.41, 5.74) is 0.607. The molecule has 0 radical (unpaired) electrons. The summed E-state index contributed by atoms with van der Waals surface area (Å²) in [5, 5.41) is 17.7. The standard InChI is InChI=1S/C14H20N2O4S/c1-9(2)12(14(19)20)16-11(17)4-3-6-15-13(18)10-5-7-21-8-10/h5,7-9,12H,3-4,6H2,1-2H3,(H,15,18)(H,16,17)(H,19,20)/t12-/m0/s1. The van der Waals surface area contributed by atoms with Crippen molar-refractivity contribution >= 4 is 29.1 Å². The molecule has 1 rings (SSSR count). The highest BCUT2D eigenvalue weighted by Crippen LogP contribution is 2.05. The lowest BCUT2D eigenvalue weighted by molar-refractivity contribution is -0.143. The molecule has 0 saturated carbocycles. The summed E-state index contributed by atoms with van der Waals surface area (Å²) >= 11 is 1.44. The number of hydrogen-bond acceptors (Lipinski definition) is 4. The smallest absolute Gasteiger partial charge is 0.326 e. The SMILES string of the molecule is CC(C)[C@H](NC(=O)CCCNC(=O)c1ccsc1)C(=O)O. The molecule has 1 heterocycles. The van der Waals surface area contributed by atoms with Crippen molar-refractivity contribution in [1.29, 1.82) is 0 Å². The third-order valence-electron chi connectivity index (χ3n) is 2.90. The van der Waals surface area contributed by atoms with Gasteiger partial charge in [-0.05, 0) is 23.8 Å². The Morgan fingerprint density at radius 1 is 1.33 bits per heavy atom. The van der Waals surface area contributed by atoms with Crippen LogP contribution in [0.25, 0.3) is 0 Å². The summed E-state index contributed by atoms with van der Waals surface area (Å²) in [5.74, 6) is -1.70. The van der Waals surface area contributed by atoms with E-state index in [1.54, 1.807) is 25.3 Å². The average Bonchev–Trinajstić information content (AvgIpc) is 2.94. The first kappa shape index (κ1) is 17.2. The van der Waals surface area contributed by atoms with Gasteiger partial charge in [0.05, 0.1) is 0 Å². The van der Waals surface area contributed by atoms with Crippen LogP contribution in [0, 0.1) is 5.92 Å². The van der Waals surface area contributed by atoms with Crippen LogP contribution in [0.1, 0.15) is 37.0 Å². The van der Waals surface area contributed by atoms with Crippen molar-refractivity contribution in [1.82, 2.24) is 10.6 Å². The number of hydrogen-bond donors (Lipinski definition) is 3. The van der Waals surface area contributed by atoms with Gasteiger partial charge in [-0.3, -0.25) is 9.59 Å². The fourth-order valence-electron chi connectivity index (χ4n) is 1.71. The van der Waals surface area contributed by atoms with Gasteiger partial charge in [-0.25, -0.2) is 4.79 Å². The van der Waals surface area contributed by atoms with Crippen LogP contribution in [0.2, 0.25) is 0 Å². The van der Waals surface area contributed by atoms with Crippen molar-refractivity contribution in [3.8, 4) is 0 Å². The molecule has 0 unspecified atom stereocenters. The maximum atomic E-state index is 11.7. The summed E-state index contributed by atoms with van der Waals surface area (Å²) in [4.78, 5) is 34.2. The Hall–Kier alpha value is -1.89. The van der Waals surface area contributed by atoms with E-state index in [1.807, 2.05) is 5.38 Å². The number of amides is 2. The number of nitrogens with one attached hydrogen (secondary N) is 2. The second kappa shape index (κ2) is 8.41. The van der Waals surface area contributed by atoms with E-state index < -0.39 is 12.0 Å². The molecule has 1 aromatic rings. The van der Waals surface area contributed by atoms with Gasteiger partial charge in [0, 0.05) is 23.9 Å². The van der Waals surface area contributed by atoms with Gasteiger partial charge in [0.25, 0.3) is 5.91 Å². The van der Waals surface area contributed by atoms with E-state index in [4.69, 9.17) is 5.11 Å². The molecule has 0 saturated heterocycles. The van der Waals surface area contributed by atoms with Crippen molar-refractivity contribution in [3.63, 3.8) is 0 Å². The maximum absolute atomic E-state index is 11.7. The fraction of sp³-hybridized carbons (Fsp3) is 0.500. The number of thiophene rings is 1. The fourth-order valence-corrected chi connectivity index (χ4v) is 2.34. The zero-order valence-corrected chi connectivity index (χ0v) is 12.9. The summed E-state index contributed by atoms with van der Waals surface area (Å²) in [7, 11) is 0. The first-order chi connectivity index (χ1) is 9.91. The number of carboxylic acids is 1. The van der Waals surface area contributed by atoms with E-state index in [0.29, 0.717) is 18.5 Å². The first-order valence-corrected chi connectivity index (χ1v) is 7.68. The minimum atomic E-state index is -1.04. The molecule has 7 heteroatoms. The molecule has 1 atom stereocenters. The average molecular weight is 312 g/mol. The Labute approximate surface area is 127 Å². The highest BCUT2D eigenvalue weighted by Gasteiger charge is 2.22. The third kappa shape index (κ3) is 5.95. The van der Waals surface area contributed by atoms with E-state index in [1.165, 1.54) is 11.3 Å². The molecule has 0 aliphatic carbocycles. The van der Waals surface area contributed by atoms with Crippen LogP contribution >= 0.6 is 11.3 Å². The van der Waals surface area contributed by atoms with E-state index in [-0.39, 0.29) is 24.2 Å². The van der Waals surface area contributed by atoms with Crippen molar-refractivity contribution in [2.24, 2.45) is 5.92 Å². The Morgan fingerprint density at radius 2 is 2.05 bits per heavy atom. The number of carboxylic acid groups (broad SMARTS) is 1. The lowest BCUT2D eigenvalue weighted by Crippen LogP contribution is -2.44. The molecule has 0 aliphatic rings. The third-order valence-corrected chi connectivity index (χ3v) is 3.58. The monoisotopic (exact) mass is 312 g/mol. The maximum Gasteiger partial charge on any atom is 0.326 e. The van der Waals surface area contributed by atoms with E-state index in [9.17, 15) is 14.4 Å². The van der Waals surface area contributed by atoms with Crippen LogP contribution in [0.5, 0.6) is 0 Å². The Kier molecular flexibility index (Phi) is 6.87. The molecule has 0 aliphatic heterocycles. The second-order valence-electron chi connectivity index (χ2n) is 5.00. The molecule has 0 spiro atoms. The Morgan fingerprint density at radius 3 is 2.57 bits per heavy atom. The Bertz CT molecular complexity index is 485. The van der Waals surface area contributed by atoms with Crippen molar-refractivity contribution in [2.45, 2.75) is 32.7 Å². The molecule has 1 aromatic heterocycles. The zero-order valence-electron chi connectivity index (χ0n) is 12.1. The predicted molar refractivity (Wildman–Crippen MR) is 80.3 cm³/mol. The topological polar surface area (TPSA) is 95.5 Å². The van der Waals surface area contributed by atoms with Crippen LogP contribution in [-0.4, -0.2) is 35.5 Å². The van der Waals surface area contributed by atoms with Crippen molar-refractivity contribution in [3.05, 3.63) is 22.4 Å². The van der Waals surface area contributed by atoms with Gasteiger partial charge in [-0.1, -0.05) is 13.8 Å². The largest absolute Gasteiger partial charge is 0.480 e. The number of aliphatic carboxylic acids is 1. The minimum absolute atomic E-state index is 0.165. The van der Waals surface area contributed by atoms with Crippen LogP contribution in [-0.2, 0) is 9.59 Å². The van der Waals surface area contributed by atoms with Crippen molar-refractivity contribution in [2.75, 3.05) is 6.54 Å². The molecule has 2 amide bonds. The number of rotatable bonds is 8. The van der Waals surface area contributed by atoms with Gasteiger partial charge >= 0.3 is 5.97 Å². The van der Waals surface area contributed by atoms with Crippen LogP contribution < -0.4 is 10.6 Å². The van der Waals surface area contributed by atoms with Crippen molar-refractivity contribution < 1.29 is 19.5 Å². The molecule has 116 valence electrons. The highest BCUT2D eigenvalue weighted by molar-refractivity contribution is 7.08. The molecule has 0 aromatic carbocycles. The molecule has 3 N–H and O–H groups in total. The molecule has 0 bridgehead atoms. The van der Waals surface area contributed by atoms with E-state index >= 15 is 0 Å². The van der Waals surface area contributed by atoms with Crippen LogP contribution in [0.15, 0.2) is 16.8 Å². The molecule has 6 nitrogen and oxygen atoms in total. The lowest BCUT2D eigenvalue weighted by atomic mass is 10.0. The highest BCUT2D eigenvalue weighted by atomic mass is 32.1. The van der Waals surface area contributed by atoms with E-state index in [2.05, 4.69) is 10.6 Å². The summed E-state index contributed by atoms with van der Waals surface area (Å²) in [6.07, 6.45) is 0.645. The minimum Gasteiger partial charge on any atom is -0.480 e. The molecule has 21 heavy (non-hydrogen) atoms. The Balaban J connectivity index is 2.24. The molecular formula is C14H20N2O4S. The van der Waals surface area contributed by atoms with Crippen LogP contribution in [0.4, 0.5) is 0 Å². The van der Waals surface area contributed by atoms with Gasteiger partial charge in [0.1, 0.15) is 6.04 Å². The van der Waals surface area contributed by atoms with Gasteiger partial charge in [-0.15, -0.1) is 0 Å². The van der Waals surface area contributed by atoms with Gasteiger partial charge in [0.15, 0.2) is 0 Å². The zero-order chi connectivity index (χ0) is 15.8. The summed E-state index contributed by atoms with van der Waals surface area (Å²) in [6, 6.07) is 0.852. The summed E-state index contributed by atoms with van der Waals surface area (Å²) in [6.45, 7) is 3.85. The van der Waals surface area contributed by atoms with Crippen LogP contribution in [0.3, 0.4) is 0 Å².